The first-order valence-corrected chi connectivity index (χ1v) is 11.2. The van der Waals surface area contributed by atoms with Crippen LogP contribution in [0.4, 0.5) is 0 Å². The Balaban J connectivity index is 1.52. The van der Waals surface area contributed by atoms with Gasteiger partial charge in [-0.2, -0.15) is 0 Å². The van der Waals surface area contributed by atoms with Crippen LogP contribution in [0.5, 0.6) is 5.75 Å². The third-order valence-electron chi connectivity index (χ3n) is 5.02. The number of hydrogen-bond donors (Lipinski definition) is 1. The normalized spacial score (nSPS) is 15.2. The highest BCUT2D eigenvalue weighted by atomic mass is 32.2. The number of amides is 1. The Morgan fingerprint density at radius 2 is 2.04 bits per heavy atom. The Morgan fingerprint density at radius 1 is 1.25 bits per heavy atom. The van der Waals surface area contributed by atoms with Gasteiger partial charge in [0.05, 0.1) is 5.75 Å². The van der Waals surface area contributed by atoms with Gasteiger partial charge in [0, 0.05) is 12.6 Å². The smallest absolute Gasteiger partial charge is 0.230 e. The fourth-order valence-electron chi connectivity index (χ4n) is 3.53. The maximum absolute atomic E-state index is 12.3. The van der Waals surface area contributed by atoms with E-state index in [4.69, 9.17) is 4.74 Å². The lowest BCUT2D eigenvalue weighted by molar-refractivity contribution is -0.119. The molecule has 152 valence electrons. The van der Waals surface area contributed by atoms with Crippen LogP contribution in [0.1, 0.15) is 56.8 Å². The van der Waals surface area contributed by atoms with Crippen LogP contribution in [-0.4, -0.2) is 32.5 Å². The summed E-state index contributed by atoms with van der Waals surface area (Å²) in [6.45, 7) is 5.19. The summed E-state index contributed by atoms with van der Waals surface area (Å²) in [6.07, 6.45) is 7.20. The summed E-state index contributed by atoms with van der Waals surface area (Å²) in [4.78, 5) is 12.3. The molecule has 1 amide bonds. The molecule has 3 rings (SSSR count). The fourth-order valence-corrected chi connectivity index (χ4v) is 4.36. The van der Waals surface area contributed by atoms with Crippen molar-refractivity contribution >= 4 is 17.7 Å². The van der Waals surface area contributed by atoms with Crippen LogP contribution in [0.3, 0.4) is 0 Å². The highest BCUT2D eigenvalue weighted by molar-refractivity contribution is 7.99. The average Bonchev–Trinajstić information content (AvgIpc) is 2.90. The minimum Gasteiger partial charge on any atom is -0.486 e. The van der Waals surface area contributed by atoms with Gasteiger partial charge in [-0.15, -0.1) is 10.2 Å². The summed E-state index contributed by atoms with van der Waals surface area (Å²) in [5.41, 5.74) is 1.16. The van der Waals surface area contributed by atoms with Crippen LogP contribution in [0.25, 0.3) is 0 Å². The second kappa shape index (κ2) is 10.5. The molecule has 1 fully saturated rings. The van der Waals surface area contributed by atoms with E-state index in [0.717, 1.165) is 41.7 Å². The van der Waals surface area contributed by atoms with E-state index in [1.165, 1.54) is 37.4 Å². The van der Waals surface area contributed by atoms with E-state index < -0.39 is 0 Å². The van der Waals surface area contributed by atoms with Crippen molar-refractivity contribution in [3.05, 3.63) is 35.7 Å². The van der Waals surface area contributed by atoms with Crippen molar-refractivity contribution < 1.29 is 9.53 Å². The van der Waals surface area contributed by atoms with Gasteiger partial charge in [-0.25, -0.2) is 0 Å². The zero-order valence-corrected chi connectivity index (χ0v) is 17.6. The molecular formula is C21H30N4O2S. The first-order chi connectivity index (χ1) is 13.7. The summed E-state index contributed by atoms with van der Waals surface area (Å²) in [5.74, 6) is 2.05. The lowest BCUT2D eigenvalue weighted by Crippen LogP contribution is -2.35. The fraction of sp³-hybridized carbons (Fsp3) is 0.571. The molecule has 0 spiro atoms. The number of ether oxygens (including phenoxy) is 1. The van der Waals surface area contributed by atoms with Crippen LogP contribution in [-0.2, 0) is 17.9 Å². The van der Waals surface area contributed by atoms with E-state index in [-0.39, 0.29) is 5.91 Å². The zero-order valence-electron chi connectivity index (χ0n) is 16.8. The number of carbonyl (C=O) groups is 1. The molecule has 1 aromatic heterocycles. The molecule has 0 unspecified atom stereocenters. The molecule has 0 bridgehead atoms. The van der Waals surface area contributed by atoms with Gasteiger partial charge in [-0.05, 0) is 44.4 Å². The molecule has 7 heteroatoms. The second-order valence-corrected chi connectivity index (χ2v) is 8.24. The minimum absolute atomic E-state index is 0.0834. The Hall–Kier alpha value is -2.02. The Bertz CT molecular complexity index is 770. The summed E-state index contributed by atoms with van der Waals surface area (Å²) in [7, 11) is 0. The third kappa shape index (κ3) is 5.99. The first kappa shape index (κ1) is 20.7. The van der Waals surface area contributed by atoms with Gasteiger partial charge in [-0.1, -0.05) is 49.6 Å². The average molecular weight is 403 g/mol. The molecule has 1 aromatic carbocycles. The number of hydrogen-bond acceptors (Lipinski definition) is 5. The molecule has 1 aliphatic carbocycles. The zero-order chi connectivity index (χ0) is 19.8. The van der Waals surface area contributed by atoms with Crippen molar-refractivity contribution in [3.63, 3.8) is 0 Å². The Morgan fingerprint density at radius 3 is 2.75 bits per heavy atom. The standard InChI is InChI=1S/C21H30N4O2S/c1-3-25-19(14-27-18-12-8-9-16(2)13-18)23-24-21(25)28-15-20(26)22-17-10-6-4-5-7-11-17/h8-9,12-13,17H,3-7,10-11,14-15H2,1-2H3,(H,22,26). The molecular weight excluding hydrogens is 372 g/mol. The van der Waals surface area contributed by atoms with E-state index in [9.17, 15) is 4.79 Å². The van der Waals surface area contributed by atoms with Crippen molar-refractivity contribution in [3.8, 4) is 5.75 Å². The maximum atomic E-state index is 12.3. The van der Waals surface area contributed by atoms with E-state index in [1.807, 2.05) is 35.8 Å². The topological polar surface area (TPSA) is 69.0 Å². The summed E-state index contributed by atoms with van der Waals surface area (Å²) in [5, 5.41) is 12.5. The Labute approximate surface area is 171 Å². The van der Waals surface area contributed by atoms with Crippen LogP contribution in [0, 0.1) is 6.92 Å². The largest absolute Gasteiger partial charge is 0.486 e. The van der Waals surface area contributed by atoms with Gasteiger partial charge in [0.2, 0.25) is 5.91 Å². The van der Waals surface area contributed by atoms with E-state index in [0.29, 0.717) is 18.4 Å². The number of carbonyl (C=O) groups excluding carboxylic acids is 1. The Kier molecular flexibility index (Phi) is 7.77. The highest BCUT2D eigenvalue weighted by Gasteiger charge is 2.17. The number of thioether (sulfide) groups is 1. The maximum Gasteiger partial charge on any atom is 0.230 e. The molecule has 1 heterocycles. The van der Waals surface area contributed by atoms with Crippen molar-refractivity contribution in [2.24, 2.45) is 0 Å². The SMILES string of the molecule is CCn1c(COc2cccc(C)c2)nnc1SCC(=O)NC1CCCCCC1. The number of nitrogens with zero attached hydrogens (tertiary/aromatic N) is 3. The third-order valence-corrected chi connectivity index (χ3v) is 5.99. The second-order valence-electron chi connectivity index (χ2n) is 7.29. The van der Waals surface area contributed by atoms with Gasteiger partial charge in [0.1, 0.15) is 12.4 Å². The van der Waals surface area contributed by atoms with E-state index in [1.54, 1.807) is 0 Å². The molecule has 1 aliphatic rings. The van der Waals surface area contributed by atoms with Crippen LogP contribution in [0.2, 0.25) is 0 Å². The van der Waals surface area contributed by atoms with Crippen molar-refractivity contribution in [1.29, 1.82) is 0 Å². The molecule has 1 N–H and O–H groups in total. The van der Waals surface area contributed by atoms with Crippen LogP contribution >= 0.6 is 11.8 Å². The van der Waals surface area contributed by atoms with Crippen LogP contribution < -0.4 is 10.1 Å². The first-order valence-electron chi connectivity index (χ1n) is 10.2. The van der Waals surface area contributed by atoms with Crippen molar-refractivity contribution in [2.45, 2.75) is 76.7 Å². The van der Waals surface area contributed by atoms with Crippen LogP contribution in [0.15, 0.2) is 29.4 Å². The van der Waals surface area contributed by atoms with Crippen molar-refractivity contribution in [2.75, 3.05) is 5.75 Å². The van der Waals surface area contributed by atoms with Gasteiger partial charge in [0.25, 0.3) is 0 Å². The van der Waals surface area contributed by atoms with Gasteiger partial charge in [0.15, 0.2) is 11.0 Å². The highest BCUT2D eigenvalue weighted by Crippen LogP contribution is 2.20. The molecule has 28 heavy (non-hydrogen) atoms. The molecule has 0 aliphatic heterocycles. The minimum atomic E-state index is 0.0834. The van der Waals surface area contributed by atoms with E-state index >= 15 is 0 Å². The monoisotopic (exact) mass is 402 g/mol. The molecule has 0 saturated heterocycles. The lowest BCUT2D eigenvalue weighted by Gasteiger charge is -2.16. The number of nitrogens with one attached hydrogen (secondary N) is 1. The number of benzene rings is 1. The predicted molar refractivity (Wildman–Crippen MR) is 112 cm³/mol. The predicted octanol–water partition coefficient (Wildman–Crippen LogP) is 4.12. The molecule has 0 atom stereocenters. The van der Waals surface area contributed by atoms with Gasteiger partial charge < -0.3 is 14.6 Å². The summed E-state index contributed by atoms with van der Waals surface area (Å²) < 4.78 is 7.87. The summed E-state index contributed by atoms with van der Waals surface area (Å²) >= 11 is 1.44. The summed E-state index contributed by atoms with van der Waals surface area (Å²) in [6, 6.07) is 8.28. The number of aromatic nitrogens is 3. The molecule has 6 nitrogen and oxygen atoms in total. The van der Waals surface area contributed by atoms with Gasteiger partial charge >= 0.3 is 0 Å². The number of aryl methyl sites for hydroxylation is 1. The molecule has 1 saturated carbocycles. The molecule has 0 radical (unpaired) electrons. The lowest BCUT2D eigenvalue weighted by atomic mass is 10.1. The van der Waals surface area contributed by atoms with E-state index in [2.05, 4.69) is 22.4 Å². The number of rotatable bonds is 8. The van der Waals surface area contributed by atoms with Gasteiger partial charge in [-0.3, -0.25) is 4.79 Å². The van der Waals surface area contributed by atoms with Crippen molar-refractivity contribution in [1.82, 2.24) is 20.1 Å². The molecule has 2 aromatic rings. The quantitative estimate of drug-likeness (QED) is 0.531.